The van der Waals surface area contributed by atoms with Gasteiger partial charge in [-0.15, -0.1) is 0 Å². The molecule has 1 saturated heterocycles. The van der Waals surface area contributed by atoms with Crippen LogP contribution in [0.15, 0.2) is 42.6 Å². The fraction of sp³-hybridized carbons (Fsp3) is 0.333. The van der Waals surface area contributed by atoms with E-state index in [1.54, 1.807) is 11.1 Å². The molecule has 0 atom stereocenters. The number of anilines is 1. The number of hydrogen-bond acceptors (Lipinski definition) is 3. The minimum Gasteiger partial charge on any atom is -0.353 e. The molecule has 5 nitrogen and oxygen atoms in total. The van der Waals surface area contributed by atoms with Crippen LogP contribution in [-0.2, 0) is 6.42 Å². The van der Waals surface area contributed by atoms with Crippen molar-refractivity contribution in [3.63, 3.8) is 0 Å². The highest BCUT2D eigenvalue weighted by Crippen LogP contribution is 2.13. The van der Waals surface area contributed by atoms with Crippen molar-refractivity contribution >= 4 is 11.8 Å². The van der Waals surface area contributed by atoms with Gasteiger partial charge in [0, 0.05) is 38.9 Å². The van der Waals surface area contributed by atoms with E-state index < -0.39 is 11.6 Å². The lowest BCUT2D eigenvalue weighted by molar-refractivity contribution is 0.194. The summed E-state index contributed by atoms with van der Waals surface area (Å²) >= 11 is 0. The van der Waals surface area contributed by atoms with E-state index in [1.165, 1.54) is 12.1 Å². The predicted octanol–water partition coefficient (Wildman–Crippen LogP) is 2.43. The summed E-state index contributed by atoms with van der Waals surface area (Å²) in [5.41, 5.74) is 0.264. The van der Waals surface area contributed by atoms with E-state index in [-0.39, 0.29) is 24.6 Å². The summed E-state index contributed by atoms with van der Waals surface area (Å²) in [4.78, 5) is 20.4. The molecule has 1 fully saturated rings. The van der Waals surface area contributed by atoms with Crippen molar-refractivity contribution < 1.29 is 13.6 Å². The van der Waals surface area contributed by atoms with Crippen LogP contribution >= 0.6 is 0 Å². The number of aromatic nitrogens is 1. The first kappa shape index (κ1) is 17.1. The van der Waals surface area contributed by atoms with Crippen LogP contribution in [0.4, 0.5) is 19.4 Å². The summed E-state index contributed by atoms with van der Waals surface area (Å²) in [5, 5.41) is 2.77. The lowest BCUT2D eigenvalue weighted by Gasteiger charge is -2.35. The van der Waals surface area contributed by atoms with Crippen molar-refractivity contribution in [2.45, 2.75) is 6.42 Å². The largest absolute Gasteiger partial charge is 0.353 e. The number of hydrogen-bond donors (Lipinski definition) is 1. The summed E-state index contributed by atoms with van der Waals surface area (Å²) in [6.07, 6.45) is 2.00. The Kier molecular flexibility index (Phi) is 5.42. The number of nitrogens with one attached hydrogen (secondary N) is 1. The predicted molar refractivity (Wildman–Crippen MR) is 91.5 cm³/mol. The third-order valence-electron chi connectivity index (χ3n) is 4.24. The molecule has 0 aliphatic carbocycles. The molecule has 2 heterocycles. The van der Waals surface area contributed by atoms with Crippen molar-refractivity contribution in [3.8, 4) is 0 Å². The standard InChI is InChI=1S/C18H20F2N4O/c19-15-5-3-4-14(17(15)20)7-9-22-18(25)24-12-10-23(11-13-24)16-6-1-2-8-21-16/h1-6,8H,7,9-13H2,(H,22,25). The summed E-state index contributed by atoms with van der Waals surface area (Å²) in [6, 6.07) is 9.64. The summed E-state index contributed by atoms with van der Waals surface area (Å²) in [5.74, 6) is -0.806. The Bertz CT molecular complexity index is 718. The Balaban J connectivity index is 1.44. The van der Waals surface area contributed by atoms with Crippen LogP contribution in [0.5, 0.6) is 0 Å². The van der Waals surface area contributed by atoms with Gasteiger partial charge in [0.2, 0.25) is 0 Å². The number of amides is 2. The number of carbonyl (C=O) groups excluding carboxylic acids is 1. The van der Waals surface area contributed by atoms with Gasteiger partial charge in [0.15, 0.2) is 11.6 Å². The smallest absolute Gasteiger partial charge is 0.317 e. The van der Waals surface area contributed by atoms with Gasteiger partial charge in [-0.3, -0.25) is 0 Å². The van der Waals surface area contributed by atoms with Gasteiger partial charge in [-0.1, -0.05) is 18.2 Å². The van der Waals surface area contributed by atoms with Gasteiger partial charge in [0.05, 0.1) is 0 Å². The van der Waals surface area contributed by atoms with E-state index in [1.807, 2.05) is 18.2 Å². The number of piperazine rings is 1. The van der Waals surface area contributed by atoms with Crippen molar-refractivity contribution in [2.75, 3.05) is 37.6 Å². The third-order valence-corrected chi connectivity index (χ3v) is 4.24. The second-order valence-electron chi connectivity index (χ2n) is 5.86. The molecule has 1 aliphatic rings. The van der Waals surface area contributed by atoms with Crippen LogP contribution in [0, 0.1) is 11.6 Å². The maximum Gasteiger partial charge on any atom is 0.317 e. The molecule has 3 rings (SSSR count). The maximum atomic E-state index is 13.6. The van der Waals surface area contributed by atoms with Crippen molar-refractivity contribution in [1.29, 1.82) is 0 Å². The molecule has 25 heavy (non-hydrogen) atoms. The van der Waals surface area contributed by atoms with Crippen molar-refractivity contribution in [1.82, 2.24) is 15.2 Å². The molecule has 1 aromatic heterocycles. The normalized spacial score (nSPS) is 14.5. The monoisotopic (exact) mass is 346 g/mol. The zero-order valence-electron chi connectivity index (χ0n) is 13.8. The van der Waals surface area contributed by atoms with Gasteiger partial charge >= 0.3 is 6.03 Å². The topological polar surface area (TPSA) is 48.5 Å². The molecule has 7 heteroatoms. The summed E-state index contributed by atoms with van der Waals surface area (Å²) < 4.78 is 26.7. The van der Waals surface area contributed by atoms with E-state index >= 15 is 0 Å². The molecular weight excluding hydrogens is 326 g/mol. The van der Waals surface area contributed by atoms with E-state index in [0.717, 1.165) is 11.9 Å². The van der Waals surface area contributed by atoms with Gasteiger partial charge in [-0.25, -0.2) is 18.6 Å². The van der Waals surface area contributed by atoms with Crippen LogP contribution in [0.25, 0.3) is 0 Å². The molecule has 0 bridgehead atoms. The molecule has 0 saturated carbocycles. The molecule has 2 aromatic rings. The highest BCUT2D eigenvalue weighted by atomic mass is 19.2. The van der Waals surface area contributed by atoms with Gasteiger partial charge < -0.3 is 15.1 Å². The molecule has 0 radical (unpaired) electrons. The fourth-order valence-electron chi connectivity index (χ4n) is 2.84. The first-order valence-electron chi connectivity index (χ1n) is 8.27. The zero-order valence-corrected chi connectivity index (χ0v) is 13.8. The first-order valence-corrected chi connectivity index (χ1v) is 8.27. The van der Waals surface area contributed by atoms with Crippen LogP contribution in [0.2, 0.25) is 0 Å². The highest BCUT2D eigenvalue weighted by molar-refractivity contribution is 5.74. The van der Waals surface area contributed by atoms with E-state index in [0.29, 0.717) is 26.2 Å². The number of halogens is 2. The van der Waals surface area contributed by atoms with Crippen LogP contribution in [0.1, 0.15) is 5.56 Å². The lowest BCUT2D eigenvalue weighted by atomic mass is 10.1. The second kappa shape index (κ2) is 7.92. The molecule has 0 unspecified atom stereocenters. The van der Waals surface area contributed by atoms with Gasteiger partial charge in [-0.05, 0) is 30.2 Å². The van der Waals surface area contributed by atoms with Gasteiger partial charge in [0.1, 0.15) is 5.82 Å². The quantitative estimate of drug-likeness (QED) is 0.925. The number of benzene rings is 1. The molecular formula is C18H20F2N4O. The van der Waals surface area contributed by atoms with Crippen LogP contribution < -0.4 is 10.2 Å². The van der Waals surface area contributed by atoms with Gasteiger partial charge in [0.25, 0.3) is 0 Å². The number of pyridine rings is 1. The molecule has 1 aliphatic heterocycles. The molecule has 1 N–H and O–H groups in total. The Morgan fingerprint density at radius 3 is 2.60 bits per heavy atom. The lowest BCUT2D eigenvalue weighted by Crippen LogP contribution is -2.52. The van der Waals surface area contributed by atoms with E-state index in [9.17, 15) is 13.6 Å². The number of urea groups is 1. The molecule has 2 amide bonds. The minimum atomic E-state index is -0.866. The highest BCUT2D eigenvalue weighted by Gasteiger charge is 2.21. The van der Waals surface area contributed by atoms with E-state index in [2.05, 4.69) is 15.2 Å². The van der Waals surface area contributed by atoms with Crippen molar-refractivity contribution in [3.05, 3.63) is 59.8 Å². The summed E-state index contributed by atoms with van der Waals surface area (Å²) in [7, 11) is 0. The molecule has 132 valence electrons. The Morgan fingerprint density at radius 2 is 1.88 bits per heavy atom. The number of rotatable bonds is 4. The fourth-order valence-corrected chi connectivity index (χ4v) is 2.84. The SMILES string of the molecule is O=C(NCCc1cccc(F)c1F)N1CCN(c2ccccn2)CC1. The number of nitrogens with zero attached hydrogens (tertiary/aromatic N) is 3. The first-order chi connectivity index (χ1) is 12.1. The van der Waals surface area contributed by atoms with Crippen LogP contribution in [-0.4, -0.2) is 48.6 Å². The van der Waals surface area contributed by atoms with Crippen LogP contribution in [0.3, 0.4) is 0 Å². The Hall–Kier alpha value is -2.70. The third kappa shape index (κ3) is 4.23. The minimum absolute atomic E-state index is 0.183. The average molecular weight is 346 g/mol. The second-order valence-corrected chi connectivity index (χ2v) is 5.86. The Morgan fingerprint density at radius 1 is 1.08 bits per heavy atom. The molecule has 0 spiro atoms. The number of carbonyl (C=O) groups is 1. The average Bonchev–Trinajstić information content (AvgIpc) is 2.66. The zero-order chi connectivity index (χ0) is 17.6. The van der Waals surface area contributed by atoms with Crippen molar-refractivity contribution in [2.24, 2.45) is 0 Å². The molecule has 1 aromatic carbocycles. The Labute approximate surface area is 145 Å². The maximum absolute atomic E-state index is 13.6. The van der Waals surface area contributed by atoms with Gasteiger partial charge in [-0.2, -0.15) is 0 Å². The summed E-state index contributed by atoms with van der Waals surface area (Å²) in [6.45, 7) is 2.87. The van der Waals surface area contributed by atoms with E-state index in [4.69, 9.17) is 0 Å².